The molecule has 1 fully saturated rings. The molecule has 0 saturated carbocycles. The van der Waals surface area contributed by atoms with Gasteiger partial charge in [-0.25, -0.2) is 9.52 Å². The van der Waals surface area contributed by atoms with Gasteiger partial charge in [0.2, 0.25) is 0 Å². The summed E-state index contributed by atoms with van der Waals surface area (Å²) in [7, 11) is -2.32. The first-order valence-electron chi connectivity index (χ1n) is 9.03. The molecule has 0 radical (unpaired) electrons. The third kappa shape index (κ3) is 4.66. The molecule has 164 valence electrons. The third-order valence-corrected chi connectivity index (χ3v) is 6.70. The van der Waals surface area contributed by atoms with Gasteiger partial charge >= 0.3 is 16.3 Å². The van der Waals surface area contributed by atoms with Crippen LogP contribution in [0.3, 0.4) is 0 Å². The summed E-state index contributed by atoms with van der Waals surface area (Å²) in [5.41, 5.74) is 0.285. The Hall–Kier alpha value is -2.01. The van der Waals surface area contributed by atoms with E-state index in [1.54, 1.807) is 50.6 Å². The molecular weight excluding hydrogens is 455 g/mol. The Bertz CT molecular complexity index is 1120. The minimum atomic E-state index is -4.05. The molecule has 2 N–H and O–H groups in total. The number of ether oxygens (including phenoxy) is 1. The summed E-state index contributed by atoms with van der Waals surface area (Å²) < 4.78 is 34.0. The van der Waals surface area contributed by atoms with Gasteiger partial charge in [0.15, 0.2) is 0 Å². The highest BCUT2D eigenvalue weighted by Gasteiger charge is 2.38. The average molecular weight is 477 g/mol. The van der Waals surface area contributed by atoms with Crippen molar-refractivity contribution < 1.29 is 22.7 Å². The van der Waals surface area contributed by atoms with Crippen LogP contribution in [-0.2, 0) is 22.0 Å². The summed E-state index contributed by atoms with van der Waals surface area (Å²) in [5.74, 6) is -0.372. The van der Waals surface area contributed by atoms with Gasteiger partial charge in [-0.1, -0.05) is 23.2 Å². The Morgan fingerprint density at radius 2 is 1.83 bits per heavy atom. The number of aryl methyl sites for hydroxylation is 1. The van der Waals surface area contributed by atoms with Crippen molar-refractivity contribution in [2.75, 3.05) is 13.1 Å². The van der Waals surface area contributed by atoms with Gasteiger partial charge in [0.25, 0.3) is 5.91 Å². The van der Waals surface area contributed by atoms with Gasteiger partial charge in [0, 0.05) is 31.0 Å². The van der Waals surface area contributed by atoms with E-state index in [-0.39, 0.29) is 19.0 Å². The monoisotopic (exact) mass is 476 g/mol. The van der Waals surface area contributed by atoms with E-state index in [0.717, 1.165) is 9.82 Å². The standard InChI is InChI=1S/C18H22Cl2N4O5S/c1-18(2,3)29-17(26)22-30(27,28)24-8-10(9-24)21-16(25)14-7-11-13(23(14)4)6-5-12(19)15(11)20/h5-7,10H,8-9H2,1-4H3,(H,21,25)(H,22,26). The molecule has 0 bridgehead atoms. The van der Waals surface area contributed by atoms with Crippen molar-refractivity contribution in [2.45, 2.75) is 32.4 Å². The molecule has 1 aliphatic heterocycles. The van der Waals surface area contributed by atoms with Gasteiger partial charge in [-0.15, -0.1) is 0 Å². The first-order valence-corrected chi connectivity index (χ1v) is 11.2. The van der Waals surface area contributed by atoms with Crippen LogP contribution < -0.4 is 10.0 Å². The van der Waals surface area contributed by atoms with Crippen molar-refractivity contribution in [3.8, 4) is 0 Å². The highest BCUT2D eigenvalue weighted by atomic mass is 35.5. The van der Waals surface area contributed by atoms with Gasteiger partial charge < -0.3 is 14.6 Å². The maximum Gasteiger partial charge on any atom is 0.422 e. The van der Waals surface area contributed by atoms with Gasteiger partial charge in [0.05, 0.1) is 16.1 Å². The molecule has 12 heteroatoms. The number of halogens is 2. The fourth-order valence-electron chi connectivity index (χ4n) is 3.02. The van der Waals surface area contributed by atoms with Crippen LogP contribution in [0.4, 0.5) is 4.79 Å². The second-order valence-electron chi connectivity index (χ2n) is 7.98. The summed E-state index contributed by atoms with van der Waals surface area (Å²) in [5, 5.41) is 4.17. The van der Waals surface area contributed by atoms with E-state index in [4.69, 9.17) is 27.9 Å². The first-order chi connectivity index (χ1) is 13.8. The molecular formula is C18H22Cl2N4O5S. The zero-order valence-electron chi connectivity index (χ0n) is 16.8. The number of nitrogens with zero attached hydrogens (tertiary/aromatic N) is 2. The molecule has 1 aromatic carbocycles. The minimum Gasteiger partial charge on any atom is -0.443 e. The normalized spacial score (nSPS) is 15.7. The second-order valence-corrected chi connectivity index (χ2v) is 10.4. The first kappa shape index (κ1) is 22.7. The minimum absolute atomic E-state index is 0.0282. The van der Waals surface area contributed by atoms with Crippen molar-refractivity contribution >= 4 is 56.3 Å². The lowest BCUT2D eigenvalue weighted by atomic mass is 10.2. The van der Waals surface area contributed by atoms with E-state index >= 15 is 0 Å². The number of rotatable bonds is 4. The zero-order chi connectivity index (χ0) is 22.4. The fraction of sp³-hybridized carbons (Fsp3) is 0.444. The summed E-state index contributed by atoms with van der Waals surface area (Å²) in [6.45, 7) is 4.94. The van der Waals surface area contributed by atoms with E-state index in [9.17, 15) is 18.0 Å². The van der Waals surface area contributed by atoms with Crippen LogP contribution in [0.15, 0.2) is 18.2 Å². The van der Waals surface area contributed by atoms with E-state index in [1.165, 1.54) is 0 Å². The molecule has 0 spiro atoms. The molecule has 1 aromatic heterocycles. The van der Waals surface area contributed by atoms with Gasteiger partial charge in [-0.05, 0) is 39.0 Å². The zero-order valence-corrected chi connectivity index (χ0v) is 19.2. The molecule has 2 amide bonds. The van der Waals surface area contributed by atoms with E-state index in [0.29, 0.717) is 21.1 Å². The third-order valence-electron chi connectivity index (χ3n) is 4.48. The van der Waals surface area contributed by atoms with Gasteiger partial charge in [0.1, 0.15) is 11.3 Å². The molecule has 0 aliphatic carbocycles. The predicted molar refractivity (Wildman–Crippen MR) is 114 cm³/mol. The summed E-state index contributed by atoms with van der Waals surface area (Å²) in [4.78, 5) is 24.4. The van der Waals surface area contributed by atoms with Crippen LogP contribution in [0.2, 0.25) is 10.0 Å². The predicted octanol–water partition coefficient (Wildman–Crippen LogP) is 2.67. The highest BCUT2D eigenvalue weighted by Crippen LogP contribution is 2.32. The number of hydrogen-bond donors (Lipinski definition) is 2. The summed E-state index contributed by atoms with van der Waals surface area (Å²) >= 11 is 12.2. The summed E-state index contributed by atoms with van der Waals surface area (Å²) in [6, 6.07) is 4.65. The summed E-state index contributed by atoms with van der Waals surface area (Å²) in [6.07, 6.45) is -1.05. The number of aromatic nitrogens is 1. The lowest BCUT2D eigenvalue weighted by molar-refractivity contribution is 0.0562. The van der Waals surface area contributed by atoms with Crippen LogP contribution in [0, 0.1) is 0 Å². The maximum absolute atomic E-state index is 12.7. The molecule has 9 nitrogen and oxygen atoms in total. The number of hydrogen-bond acceptors (Lipinski definition) is 5. The van der Waals surface area contributed by atoms with Crippen molar-refractivity contribution in [3.63, 3.8) is 0 Å². The van der Waals surface area contributed by atoms with E-state index in [1.807, 2.05) is 4.72 Å². The topological polar surface area (TPSA) is 110 Å². The van der Waals surface area contributed by atoms with E-state index in [2.05, 4.69) is 5.32 Å². The quantitative estimate of drug-likeness (QED) is 0.704. The molecule has 0 atom stereocenters. The lowest BCUT2D eigenvalue weighted by Gasteiger charge is -2.38. The maximum atomic E-state index is 12.7. The Morgan fingerprint density at radius 3 is 2.43 bits per heavy atom. The Morgan fingerprint density at radius 1 is 1.20 bits per heavy atom. The van der Waals surface area contributed by atoms with Crippen LogP contribution in [0.1, 0.15) is 31.3 Å². The van der Waals surface area contributed by atoms with E-state index < -0.39 is 27.9 Å². The molecule has 30 heavy (non-hydrogen) atoms. The Labute approximate surface area is 184 Å². The average Bonchev–Trinajstić information content (AvgIpc) is 2.89. The van der Waals surface area contributed by atoms with Crippen molar-refractivity contribution in [2.24, 2.45) is 7.05 Å². The number of carbonyl (C=O) groups is 2. The molecule has 0 unspecified atom stereocenters. The van der Waals surface area contributed by atoms with Gasteiger partial charge in [-0.2, -0.15) is 12.7 Å². The van der Waals surface area contributed by atoms with Crippen molar-refractivity contribution in [3.05, 3.63) is 33.9 Å². The molecule has 2 heterocycles. The van der Waals surface area contributed by atoms with Crippen LogP contribution in [-0.4, -0.2) is 54.0 Å². The Kier molecular flexibility index (Phi) is 5.98. The second kappa shape index (κ2) is 7.92. The van der Waals surface area contributed by atoms with Crippen molar-refractivity contribution in [1.82, 2.24) is 18.9 Å². The highest BCUT2D eigenvalue weighted by molar-refractivity contribution is 7.87. The van der Waals surface area contributed by atoms with Crippen LogP contribution in [0.5, 0.6) is 0 Å². The van der Waals surface area contributed by atoms with Crippen LogP contribution in [0.25, 0.3) is 10.9 Å². The number of carbonyl (C=O) groups excluding carboxylic acids is 2. The molecule has 2 aromatic rings. The Balaban J connectivity index is 1.62. The SMILES string of the molecule is Cn1c(C(=O)NC2CN(S(=O)(=O)NC(=O)OC(C)(C)C)C2)cc2c(Cl)c(Cl)ccc21. The number of fused-ring (bicyclic) bond motifs is 1. The van der Waals surface area contributed by atoms with Crippen molar-refractivity contribution in [1.29, 1.82) is 0 Å². The smallest absolute Gasteiger partial charge is 0.422 e. The molecule has 1 aliphatic rings. The lowest BCUT2D eigenvalue weighted by Crippen LogP contribution is -2.63. The largest absolute Gasteiger partial charge is 0.443 e. The molecule has 3 rings (SSSR count). The number of amides is 2. The number of nitrogens with one attached hydrogen (secondary N) is 2. The fourth-order valence-corrected chi connectivity index (χ4v) is 4.53. The number of benzene rings is 1. The molecule has 1 saturated heterocycles. The van der Waals surface area contributed by atoms with Gasteiger partial charge in [-0.3, -0.25) is 4.79 Å². The van der Waals surface area contributed by atoms with Crippen LogP contribution >= 0.6 is 23.2 Å².